The average molecular weight is 364 g/mol. The maximum Gasteiger partial charge on any atom is 0.187 e. The van der Waals surface area contributed by atoms with Gasteiger partial charge >= 0.3 is 0 Å². The van der Waals surface area contributed by atoms with Crippen molar-refractivity contribution >= 4 is 35.0 Å². The summed E-state index contributed by atoms with van der Waals surface area (Å²) in [7, 11) is 0. The number of aromatic nitrogens is 2. The van der Waals surface area contributed by atoms with Crippen molar-refractivity contribution in [3.8, 4) is 0 Å². The Morgan fingerprint density at radius 2 is 1.90 bits per heavy atom. The summed E-state index contributed by atoms with van der Waals surface area (Å²) in [5.74, 6) is 0.991. The van der Waals surface area contributed by atoms with Crippen LogP contribution in [0, 0.1) is 0 Å². The molecular formula is C14H15Cl3N3S-. The molecule has 0 saturated heterocycles. The number of hydrogen-bond donors (Lipinski definition) is 1. The van der Waals surface area contributed by atoms with E-state index >= 15 is 0 Å². The SMILES string of the molecule is Clc1ccc(CNCCCSc2ncccn2)c(Cl)c1.[Cl-]. The summed E-state index contributed by atoms with van der Waals surface area (Å²) in [5.41, 5.74) is 1.06. The number of halogens is 3. The maximum absolute atomic E-state index is 6.10. The molecule has 114 valence electrons. The summed E-state index contributed by atoms with van der Waals surface area (Å²) >= 11 is 13.6. The zero-order valence-corrected chi connectivity index (χ0v) is 14.3. The summed E-state index contributed by atoms with van der Waals surface area (Å²) in [4.78, 5) is 8.33. The van der Waals surface area contributed by atoms with Crippen molar-refractivity contribution in [2.45, 2.75) is 18.1 Å². The number of nitrogens with one attached hydrogen (secondary N) is 1. The van der Waals surface area contributed by atoms with E-state index in [1.54, 1.807) is 30.2 Å². The van der Waals surface area contributed by atoms with Gasteiger partial charge in [-0.1, -0.05) is 41.0 Å². The van der Waals surface area contributed by atoms with Gasteiger partial charge in [0.05, 0.1) is 0 Å². The molecule has 1 aromatic heterocycles. The second-order valence-electron chi connectivity index (χ2n) is 4.15. The highest BCUT2D eigenvalue weighted by molar-refractivity contribution is 7.99. The Balaban J connectivity index is 0.00000220. The van der Waals surface area contributed by atoms with Crippen molar-refractivity contribution in [2.24, 2.45) is 0 Å². The summed E-state index contributed by atoms with van der Waals surface area (Å²) in [6.45, 7) is 1.68. The number of thioether (sulfide) groups is 1. The van der Waals surface area contributed by atoms with E-state index in [0.29, 0.717) is 10.0 Å². The normalized spacial score (nSPS) is 10.2. The van der Waals surface area contributed by atoms with Crippen molar-refractivity contribution < 1.29 is 12.4 Å². The van der Waals surface area contributed by atoms with Gasteiger partial charge in [-0.25, -0.2) is 9.97 Å². The first kappa shape index (κ1) is 18.5. The molecule has 0 aliphatic heterocycles. The van der Waals surface area contributed by atoms with Crippen molar-refractivity contribution in [3.05, 3.63) is 52.3 Å². The van der Waals surface area contributed by atoms with Crippen LogP contribution in [-0.4, -0.2) is 22.3 Å². The van der Waals surface area contributed by atoms with Gasteiger partial charge in [0.15, 0.2) is 5.16 Å². The molecule has 1 heterocycles. The van der Waals surface area contributed by atoms with Crippen molar-refractivity contribution in [3.63, 3.8) is 0 Å². The molecule has 2 aromatic rings. The minimum absolute atomic E-state index is 0. The molecule has 0 amide bonds. The summed E-state index contributed by atoms with van der Waals surface area (Å²) < 4.78 is 0. The van der Waals surface area contributed by atoms with E-state index in [0.717, 1.165) is 36.0 Å². The molecule has 3 nitrogen and oxygen atoms in total. The van der Waals surface area contributed by atoms with Crippen LogP contribution in [0.2, 0.25) is 10.0 Å². The van der Waals surface area contributed by atoms with Crippen LogP contribution in [0.4, 0.5) is 0 Å². The molecule has 2 rings (SSSR count). The van der Waals surface area contributed by atoms with Gasteiger partial charge in [-0.2, -0.15) is 0 Å². The Bertz CT molecular complexity index is 540. The summed E-state index contributed by atoms with van der Waals surface area (Å²) in [6, 6.07) is 7.39. The van der Waals surface area contributed by atoms with Crippen LogP contribution in [0.3, 0.4) is 0 Å². The third kappa shape index (κ3) is 6.85. The van der Waals surface area contributed by atoms with Crippen LogP contribution >= 0.6 is 35.0 Å². The van der Waals surface area contributed by atoms with Gasteiger partial charge < -0.3 is 17.7 Å². The van der Waals surface area contributed by atoms with Crippen LogP contribution < -0.4 is 17.7 Å². The predicted octanol–water partition coefficient (Wildman–Crippen LogP) is 1.06. The Kier molecular flexibility index (Phi) is 9.04. The van der Waals surface area contributed by atoms with Crippen molar-refractivity contribution in [1.29, 1.82) is 0 Å². The predicted molar refractivity (Wildman–Crippen MR) is 85.5 cm³/mol. The first-order valence-corrected chi connectivity index (χ1v) is 8.04. The standard InChI is InChI=1S/C14H15Cl2N3S.ClH/c15-12-4-3-11(13(16)9-12)10-17-5-2-8-20-14-18-6-1-7-19-14;/h1,3-4,6-7,9,17H,2,5,8,10H2;1H/p-1. The van der Waals surface area contributed by atoms with E-state index < -0.39 is 0 Å². The Hall–Kier alpha value is -0.520. The fourth-order valence-corrected chi connectivity index (χ4v) is 2.83. The first-order chi connectivity index (χ1) is 9.75. The van der Waals surface area contributed by atoms with Crippen molar-refractivity contribution in [2.75, 3.05) is 12.3 Å². The molecule has 0 unspecified atom stereocenters. The molecule has 0 saturated carbocycles. The molecule has 0 radical (unpaired) electrons. The fraction of sp³-hybridized carbons (Fsp3) is 0.286. The van der Waals surface area contributed by atoms with E-state index in [1.807, 2.05) is 18.2 Å². The largest absolute Gasteiger partial charge is 1.00 e. The zero-order chi connectivity index (χ0) is 14.2. The molecule has 0 spiro atoms. The second kappa shape index (κ2) is 10.2. The lowest BCUT2D eigenvalue weighted by Gasteiger charge is -2.06. The van der Waals surface area contributed by atoms with E-state index in [9.17, 15) is 0 Å². The first-order valence-electron chi connectivity index (χ1n) is 6.30. The van der Waals surface area contributed by atoms with E-state index in [4.69, 9.17) is 23.2 Å². The highest BCUT2D eigenvalue weighted by Crippen LogP contribution is 2.20. The summed E-state index contributed by atoms with van der Waals surface area (Å²) in [6.07, 6.45) is 4.57. The van der Waals surface area contributed by atoms with Gasteiger partial charge in [-0.15, -0.1) is 0 Å². The van der Waals surface area contributed by atoms with Gasteiger partial charge in [0.2, 0.25) is 0 Å². The van der Waals surface area contributed by atoms with Gasteiger partial charge in [-0.3, -0.25) is 0 Å². The van der Waals surface area contributed by atoms with E-state index in [-0.39, 0.29) is 12.4 Å². The number of rotatable bonds is 7. The molecule has 21 heavy (non-hydrogen) atoms. The number of nitrogens with zero attached hydrogens (tertiary/aromatic N) is 2. The molecule has 7 heteroatoms. The van der Waals surface area contributed by atoms with Crippen LogP contribution in [-0.2, 0) is 6.54 Å². The lowest BCUT2D eigenvalue weighted by molar-refractivity contribution is -0.00000397. The van der Waals surface area contributed by atoms with E-state index in [2.05, 4.69) is 15.3 Å². The molecule has 0 atom stereocenters. The topological polar surface area (TPSA) is 37.8 Å². The monoisotopic (exact) mass is 362 g/mol. The van der Waals surface area contributed by atoms with Gasteiger partial charge in [0.1, 0.15) is 0 Å². The van der Waals surface area contributed by atoms with Crippen LogP contribution in [0.15, 0.2) is 41.8 Å². The number of benzene rings is 1. The van der Waals surface area contributed by atoms with Gasteiger partial charge in [-0.05, 0) is 36.7 Å². The smallest absolute Gasteiger partial charge is 0.187 e. The minimum atomic E-state index is 0. The van der Waals surface area contributed by atoms with Crippen LogP contribution in [0.5, 0.6) is 0 Å². The quantitative estimate of drug-likeness (QED) is 0.453. The highest BCUT2D eigenvalue weighted by Gasteiger charge is 2.01. The van der Waals surface area contributed by atoms with Gasteiger partial charge in [0, 0.05) is 34.7 Å². The Labute approximate surface area is 145 Å². The Morgan fingerprint density at radius 3 is 2.62 bits per heavy atom. The fourth-order valence-electron chi connectivity index (χ4n) is 1.61. The maximum atomic E-state index is 6.10. The molecule has 0 aliphatic rings. The molecular weight excluding hydrogens is 349 g/mol. The highest BCUT2D eigenvalue weighted by atomic mass is 35.5. The minimum Gasteiger partial charge on any atom is -1.00 e. The summed E-state index contributed by atoms with van der Waals surface area (Å²) in [5, 5.41) is 5.56. The number of hydrogen-bond acceptors (Lipinski definition) is 4. The third-order valence-corrected chi connectivity index (χ3v) is 4.15. The molecule has 0 aliphatic carbocycles. The molecule has 1 N–H and O–H groups in total. The zero-order valence-electron chi connectivity index (χ0n) is 11.2. The molecule has 1 aromatic carbocycles. The lowest BCUT2D eigenvalue weighted by atomic mass is 10.2. The molecule has 0 bridgehead atoms. The van der Waals surface area contributed by atoms with Gasteiger partial charge in [0.25, 0.3) is 0 Å². The Morgan fingerprint density at radius 1 is 1.14 bits per heavy atom. The average Bonchev–Trinajstić information content (AvgIpc) is 2.46. The lowest BCUT2D eigenvalue weighted by Crippen LogP contribution is -3.00. The second-order valence-corrected chi connectivity index (χ2v) is 6.05. The van der Waals surface area contributed by atoms with Crippen LogP contribution in [0.1, 0.15) is 12.0 Å². The third-order valence-electron chi connectivity index (χ3n) is 2.60. The molecule has 0 fully saturated rings. The van der Waals surface area contributed by atoms with Crippen molar-refractivity contribution in [1.82, 2.24) is 15.3 Å². The van der Waals surface area contributed by atoms with E-state index in [1.165, 1.54) is 0 Å². The van der Waals surface area contributed by atoms with Crippen LogP contribution in [0.25, 0.3) is 0 Å².